The molecule has 1 aliphatic heterocycles. The fraction of sp³-hybridized carbons (Fsp3) is 0.312. The van der Waals surface area contributed by atoms with Crippen molar-refractivity contribution in [2.45, 2.75) is 6.92 Å². The van der Waals surface area contributed by atoms with E-state index in [-0.39, 0.29) is 30.5 Å². The van der Waals surface area contributed by atoms with E-state index < -0.39 is 9.84 Å². The maximum absolute atomic E-state index is 12.5. The van der Waals surface area contributed by atoms with Crippen molar-refractivity contribution in [1.82, 2.24) is 4.90 Å². The molecule has 116 valence electrons. The molecule has 1 aromatic heterocycles. The van der Waals surface area contributed by atoms with Crippen molar-refractivity contribution in [3.05, 3.63) is 47.7 Å². The minimum Gasteiger partial charge on any atom is -0.461 e. The number of nitrogens with zero attached hydrogens (tertiary/aromatic N) is 1. The van der Waals surface area contributed by atoms with Crippen molar-refractivity contribution in [1.29, 1.82) is 0 Å². The number of rotatable bonds is 2. The summed E-state index contributed by atoms with van der Waals surface area (Å²) in [6.45, 7) is 2.38. The average Bonchev–Trinajstić information content (AvgIpc) is 2.93. The van der Waals surface area contributed by atoms with Crippen molar-refractivity contribution >= 4 is 15.7 Å². The number of benzene rings is 1. The summed E-state index contributed by atoms with van der Waals surface area (Å²) in [5.74, 6) is 1.47. The third kappa shape index (κ3) is 3.06. The van der Waals surface area contributed by atoms with Crippen molar-refractivity contribution in [3.8, 4) is 11.3 Å². The normalized spacial score (nSPS) is 17.4. The van der Waals surface area contributed by atoms with Gasteiger partial charge in [-0.25, -0.2) is 8.42 Å². The van der Waals surface area contributed by atoms with Crippen LogP contribution in [0.5, 0.6) is 0 Å². The molecule has 2 aromatic rings. The van der Waals surface area contributed by atoms with Crippen LogP contribution in [0.15, 0.2) is 40.8 Å². The van der Waals surface area contributed by atoms with E-state index in [2.05, 4.69) is 0 Å². The highest BCUT2D eigenvalue weighted by atomic mass is 32.2. The summed E-state index contributed by atoms with van der Waals surface area (Å²) in [4.78, 5) is 14.1. The van der Waals surface area contributed by atoms with Gasteiger partial charge in [0.25, 0.3) is 5.91 Å². The van der Waals surface area contributed by atoms with Crippen molar-refractivity contribution in [2.75, 3.05) is 24.6 Å². The van der Waals surface area contributed by atoms with Crippen LogP contribution in [0, 0.1) is 6.92 Å². The lowest BCUT2D eigenvalue weighted by molar-refractivity contribution is 0.0770. The number of carbonyl (C=O) groups is 1. The summed E-state index contributed by atoms with van der Waals surface area (Å²) in [5, 5.41) is 0. The van der Waals surface area contributed by atoms with E-state index in [0.717, 1.165) is 11.3 Å². The molecule has 0 spiro atoms. The molecule has 1 aliphatic rings. The third-order valence-corrected chi connectivity index (χ3v) is 5.38. The second-order valence-corrected chi connectivity index (χ2v) is 7.74. The Balaban J connectivity index is 1.82. The average molecular weight is 319 g/mol. The molecule has 2 heterocycles. The number of furan rings is 1. The summed E-state index contributed by atoms with van der Waals surface area (Å²) in [5.41, 5.74) is 1.38. The highest BCUT2D eigenvalue weighted by Gasteiger charge is 2.25. The van der Waals surface area contributed by atoms with E-state index in [0.29, 0.717) is 11.3 Å². The van der Waals surface area contributed by atoms with Crippen molar-refractivity contribution < 1.29 is 17.6 Å². The Hall–Kier alpha value is -2.08. The van der Waals surface area contributed by atoms with E-state index in [9.17, 15) is 13.2 Å². The number of hydrogen-bond acceptors (Lipinski definition) is 4. The number of amides is 1. The molecule has 1 fully saturated rings. The maximum atomic E-state index is 12.5. The number of carbonyl (C=O) groups excluding carboxylic acids is 1. The Bertz CT molecular complexity index is 793. The van der Waals surface area contributed by atoms with Gasteiger partial charge in [-0.15, -0.1) is 0 Å². The molecule has 0 radical (unpaired) electrons. The second-order valence-electron chi connectivity index (χ2n) is 5.44. The van der Waals surface area contributed by atoms with Crippen LogP contribution < -0.4 is 0 Å². The van der Waals surface area contributed by atoms with Crippen LogP contribution in [-0.2, 0) is 9.84 Å². The summed E-state index contributed by atoms with van der Waals surface area (Å²) < 4.78 is 28.5. The molecule has 0 unspecified atom stereocenters. The molecule has 0 bridgehead atoms. The molecular weight excluding hydrogens is 302 g/mol. The van der Waals surface area contributed by atoms with Crippen LogP contribution in [0.25, 0.3) is 11.3 Å². The quantitative estimate of drug-likeness (QED) is 0.850. The number of sulfone groups is 1. The van der Waals surface area contributed by atoms with Gasteiger partial charge in [-0.1, -0.05) is 12.1 Å². The molecule has 1 aromatic carbocycles. The zero-order chi connectivity index (χ0) is 15.7. The topological polar surface area (TPSA) is 67.6 Å². The van der Waals surface area contributed by atoms with Crippen LogP contribution in [0.3, 0.4) is 0 Å². The first kappa shape index (κ1) is 14.8. The lowest BCUT2D eigenvalue weighted by atomic mass is 10.1. The molecule has 6 heteroatoms. The second kappa shape index (κ2) is 5.61. The first-order valence-corrected chi connectivity index (χ1v) is 8.93. The Morgan fingerprint density at radius 2 is 1.86 bits per heavy atom. The van der Waals surface area contributed by atoms with Gasteiger partial charge in [-0.05, 0) is 31.2 Å². The highest BCUT2D eigenvalue weighted by Crippen LogP contribution is 2.23. The van der Waals surface area contributed by atoms with E-state index in [1.165, 1.54) is 0 Å². The van der Waals surface area contributed by atoms with Gasteiger partial charge >= 0.3 is 0 Å². The van der Waals surface area contributed by atoms with Crippen LogP contribution in [0.4, 0.5) is 0 Å². The van der Waals surface area contributed by atoms with Gasteiger partial charge in [0, 0.05) is 24.2 Å². The van der Waals surface area contributed by atoms with Gasteiger partial charge in [0.15, 0.2) is 9.84 Å². The summed E-state index contributed by atoms with van der Waals surface area (Å²) in [6, 6.07) is 11.0. The van der Waals surface area contributed by atoms with Gasteiger partial charge in [0.2, 0.25) is 0 Å². The maximum Gasteiger partial charge on any atom is 0.253 e. The number of aryl methyl sites for hydroxylation is 1. The molecule has 22 heavy (non-hydrogen) atoms. The summed E-state index contributed by atoms with van der Waals surface area (Å²) in [6.07, 6.45) is 0. The zero-order valence-electron chi connectivity index (χ0n) is 12.3. The Morgan fingerprint density at radius 1 is 1.14 bits per heavy atom. The SMILES string of the molecule is Cc1ccc(-c2cccc(C(=O)N3CCS(=O)(=O)CC3)c2)o1. The molecule has 0 aliphatic carbocycles. The Kier molecular flexibility index (Phi) is 3.78. The molecule has 0 saturated carbocycles. The summed E-state index contributed by atoms with van der Waals surface area (Å²) in [7, 11) is -2.99. The van der Waals surface area contributed by atoms with Crippen LogP contribution in [0.2, 0.25) is 0 Å². The third-order valence-electron chi connectivity index (χ3n) is 3.77. The monoisotopic (exact) mass is 319 g/mol. The van der Waals surface area contributed by atoms with Gasteiger partial charge in [0.1, 0.15) is 11.5 Å². The standard InChI is InChI=1S/C16H17NO4S/c1-12-5-6-15(21-12)13-3-2-4-14(11-13)16(18)17-7-9-22(19,20)10-8-17/h2-6,11H,7-10H2,1H3. The minimum atomic E-state index is -2.99. The number of hydrogen-bond donors (Lipinski definition) is 0. The fourth-order valence-corrected chi connectivity index (χ4v) is 3.69. The highest BCUT2D eigenvalue weighted by molar-refractivity contribution is 7.91. The predicted molar refractivity (Wildman–Crippen MR) is 83.4 cm³/mol. The first-order chi connectivity index (χ1) is 10.4. The van der Waals surface area contributed by atoms with Crippen molar-refractivity contribution in [3.63, 3.8) is 0 Å². The van der Waals surface area contributed by atoms with Gasteiger partial charge in [0.05, 0.1) is 11.5 Å². The lowest BCUT2D eigenvalue weighted by Gasteiger charge is -2.26. The van der Waals surface area contributed by atoms with Gasteiger partial charge in [-0.3, -0.25) is 4.79 Å². The molecule has 0 N–H and O–H groups in total. The smallest absolute Gasteiger partial charge is 0.253 e. The van der Waals surface area contributed by atoms with Gasteiger partial charge in [-0.2, -0.15) is 0 Å². The molecule has 1 amide bonds. The van der Waals surface area contributed by atoms with E-state index >= 15 is 0 Å². The molecular formula is C16H17NO4S. The zero-order valence-corrected chi connectivity index (χ0v) is 13.1. The predicted octanol–water partition coefficient (Wildman–Crippen LogP) is 2.13. The van der Waals surface area contributed by atoms with Crippen LogP contribution >= 0.6 is 0 Å². The van der Waals surface area contributed by atoms with Crippen molar-refractivity contribution in [2.24, 2.45) is 0 Å². The molecule has 3 rings (SSSR count). The summed E-state index contributed by atoms with van der Waals surface area (Å²) >= 11 is 0. The Morgan fingerprint density at radius 3 is 2.50 bits per heavy atom. The molecule has 0 atom stereocenters. The minimum absolute atomic E-state index is 0.0375. The van der Waals surface area contributed by atoms with E-state index in [1.54, 1.807) is 23.1 Å². The molecule has 5 nitrogen and oxygen atoms in total. The lowest BCUT2D eigenvalue weighted by Crippen LogP contribution is -2.43. The largest absolute Gasteiger partial charge is 0.461 e. The van der Waals surface area contributed by atoms with Crippen LogP contribution in [0.1, 0.15) is 16.1 Å². The fourth-order valence-electron chi connectivity index (χ4n) is 2.49. The first-order valence-electron chi connectivity index (χ1n) is 7.11. The van der Waals surface area contributed by atoms with E-state index in [1.807, 2.05) is 25.1 Å². The van der Waals surface area contributed by atoms with Gasteiger partial charge < -0.3 is 9.32 Å². The molecule has 1 saturated heterocycles. The Labute approximate surface area is 129 Å². The van der Waals surface area contributed by atoms with Crippen LogP contribution in [-0.4, -0.2) is 43.8 Å². The van der Waals surface area contributed by atoms with E-state index in [4.69, 9.17) is 4.42 Å².